The molecule has 2 aromatic rings. The molecule has 9 heteroatoms. The number of benzene rings is 1. The number of nitrogens with zero attached hydrogens (tertiary/aromatic N) is 3. The van der Waals surface area contributed by atoms with Crippen LogP contribution in [0.25, 0.3) is 0 Å². The fourth-order valence-corrected chi connectivity index (χ4v) is 4.78. The van der Waals surface area contributed by atoms with E-state index in [9.17, 15) is 13.2 Å². The number of aryl methyl sites for hydroxylation is 1. The molecule has 1 fully saturated rings. The van der Waals surface area contributed by atoms with Crippen LogP contribution in [0.4, 0.5) is 5.69 Å². The van der Waals surface area contributed by atoms with Crippen LogP contribution in [0.2, 0.25) is 0 Å². The molecule has 7 nitrogen and oxygen atoms in total. The van der Waals surface area contributed by atoms with Gasteiger partial charge in [0.2, 0.25) is 5.91 Å². The number of carbonyl (C=O) groups is 1. The van der Waals surface area contributed by atoms with Crippen molar-refractivity contribution < 1.29 is 13.2 Å². The third kappa shape index (κ3) is 5.39. The van der Waals surface area contributed by atoms with Gasteiger partial charge in [0.05, 0.1) is 22.0 Å². The van der Waals surface area contributed by atoms with Crippen LogP contribution >= 0.6 is 11.3 Å². The van der Waals surface area contributed by atoms with Crippen molar-refractivity contribution in [3.8, 4) is 0 Å². The molecule has 1 aliphatic rings. The van der Waals surface area contributed by atoms with Crippen molar-refractivity contribution in [2.75, 3.05) is 18.9 Å². The summed E-state index contributed by atoms with van der Waals surface area (Å²) in [6.45, 7) is 2.69. The molecular formula is C19H24N4O3S2. The molecule has 0 saturated carbocycles. The van der Waals surface area contributed by atoms with Crippen LogP contribution in [-0.4, -0.2) is 43.6 Å². The average Bonchev–Trinajstić information content (AvgIpc) is 2.94. The maximum absolute atomic E-state index is 12.8. The molecule has 1 saturated heterocycles. The molecule has 1 N–H and O–H groups in total. The Labute approximate surface area is 169 Å². The molecule has 0 bridgehead atoms. The first kappa shape index (κ1) is 20.5. The first-order valence-corrected chi connectivity index (χ1v) is 11.5. The Hall–Kier alpha value is -2.26. The third-order valence-electron chi connectivity index (χ3n) is 4.48. The summed E-state index contributed by atoms with van der Waals surface area (Å²) in [5, 5.41) is 5.48. The smallest absolute Gasteiger partial charge is 0.284 e. The number of hydrogen-bond acceptors (Lipinski definition) is 5. The van der Waals surface area contributed by atoms with E-state index in [2.05, 4.69) is 14.7 Å². The highest BCUT2D eigenvalue weighted by atomic mass is 32.2. The zero-order valence-electron chi connectivity index (χ0n) is 16.0. The van der Waals surface area contributed by atoms with E-state index in [-0.39, 0.29) is 17.2 Å². The standard InChI is InChI=1S/C19H24N4O3S2/c1-14-20-16(13-27-14)12-19(24)21-15-7-6-8-17(11-15)28(25,26)22-18-9-4-3-5-10-23(18)2/h6-8,11,13H,3-5,9-10,12H2,1-2H3,(H,21,24)/b22-18+. The van der Waals surface area contributed by atoms with Gasteiger partial charge in [-0.3, -0.25) is 4.79 Å². The molecular weight excluding hydrogens is 396 g/mol. The minimum atomic E-state index is -3.84. The Morgan fingerprint density at radius 3 is 2.89 bits per heavy atom. The van der Waals surface area contributed by atoms with Gasteiger partial charge in [0.1, 0.15) is 5.84 Å². The number of amidine groups is 1. The van der Waals surface area contributed by atoms with Gasteiger partial charge in [0, 0.05) is 31.1 Å². The summed E-state index contributed by atoms with van der Waals surface area (Å²) < 4.78 is 29.6. The van der Waals surface area contributed by atoms with Gasteiger partial charge in [-0.1, -0.05) is 12.5 Å². The van der Waals surface area contributed by atoms with Gasteiger partial charge in [0.25, 0.3) is 10.0 Å². The Kier molecular flexibility index (Phi) is 6.46. The average molecular weight is 421 g/mol. The second-order valence-corrected chi connectivity index (χ2v) is 9.49. The Morgan fingerprint density at radius 2 is 2.14 bits per heavy atom. The first-order valence-electron chi connectivity index (χ1n) is 9.19. The van der Waals surface area contributed by atoms with Gasteiger partial charge in [-0.25, -0.2) is 4.98 Å². The van der Waals surface area contributed by atoms with Crippen molar-refractivity contribution in [1.29, 1.82) is 0 Å². The molecule has 0 unspecified atom stereocenters. The maximum atomic E-state index is 12.8. The molecule has 1 aromatic carbocycles. The number of aromatic nitrogens is 1. The molecule has 1 amide bonds. The van der Waals surface area contributed by atoms with E-state index >= 15 is 0 Å². The fraction of sp³-hybridized carbons (Fsp3) is 0.421. The van der Waals surface area contributed by atoms with E-state index < -0.39 is 10.0 Å². The van der Waals surface area contributed by atoms with Gasteiger partial charge in [-0.05, 0) is 38.0 Å². The van der Waals surface area contributed by atoms with Crippen LogP contribution in [0, 0.1) is 6.92 Å². The number of nitrogens with one attached hydrogen (secondary N) is 1. The molecule has 1 aromatic heterocycles. The van der Waals surface area contributed by atoms with E-state index in [1.54, 1.807) is 12.1 Å². The number of likely N-dealkylation sites (tertiary alicyclic amines) is 1. The first-order chi connectivity index (χ1) is 13.3. The largest absolute Gasteiger partial charge is 0.362 e. The molecule has 2 heterocycles. The maximum Gasteiger partial charge on any atom is 0.284 e. The summed E-state index contributed by atoms with van der Waals surface area (Å²) in [5.74, 6) is 0.348. The number of rotatable bonds is 5. The lowest BCUT2D eigenvalue weighted by molar-refractivity contribution is -0.115. The number of hydrogen-bond donors (Lipinski definition) is 1. The number of thiazole rings is 1. The molecule has 3 rings (SSSR count). The van der Waals surface area contributed by atoms with Crippen LogP contribution < -0.4 is 5.32 Å². The van der Waals surface area contributed by atoms with Crippen LogP contribution in [-0.2, 0) is 21.2 Å². The van der Waals surface area contributed by atoms with Gasteiger partial charge in [0.15, 0.2) is 0 Å². The lowest BCUT2D eigenvalue weighted by atomic mass is 10.2. The van der Waals surface area contributed by atoms with E-state index in [1.165, 1.54) is 23.5 Å². The second kappa shape index (κ2) is 8.83. The third-order valence-corrected chi connectivity index (χ3v) is 6.61. The van der Waals surface area contributed by atoms with E-state index in [4.69, 9.17) is 0 Å². The van der Waals surface area contributed by atoms with Crippen LogP contribution in [0.15, 0.2) is 38.9 Å². The zero-order chi connectivity index (χ0) is 20.1. The highest BCUT2D eigenvalue weighted by molar-refractivity contribution is 7.90. The van der Waals surface area contributed by atoms with Crippen LogP contribution in [0.5, 0.6) is 0 Å². The topological polar surface area (TPSA) is 91.7 Å². The van der Waals surface area contributed by atoms with Crippen molar-refractivity contribution in [1.82, 2.24) is 9.88 Å². The minimum Gasteiger partial charge on any atom is -0.362 e. The molecule has 150 valence electrons. The molecule has 1 aliphatic heterocycles. The SMILES string of the molecule is Cc1nc(CC(=O)Nc2cccc(S(=O)(=O)/N=C3\CCCCCN3C)c2)cs1. The Bertz CT molecular complexity index is 983. The van der Waals surface area contributed by atoms with E-state index in [0.29, 0.717) is 23.6 Å². The second-order valence-electron chi connectivity index (χ2n) is 6.83. The summed E-state index contributed by atoms with van der Waals surface area (Å²) in [5.41, 5.74) is 1.12. The van der Waals surface area contributed by atoms with Crippen molar-refractivity contribution in [2.45, 2.75) is 43.9 Å². The zero-order valence-corrected chi connectivity index (χ0v) is 17.6. The Morgan fingerprint density at radius 1 is 1.32 bits per heavy atom. The molecule has 0 radical (unpaired) electrons. The van der Waals surface area contributed by atoms with E-state index in [0.717, 1.165) is 30.8 Å². The fourth-order valence-electron chi connectivity index (χ4n) is 3.03. The quantitative estimate of drug-likeness (QED) is 0.802. The highest BCUT2D eigenvalue weighted by Gasteiger charge is 2.19. The molecule has 28 heavy (non-hydrogen) atoms. The monoisotopic (exact) mass is 420 g/mol. The summed E-state index contributed by atoms with van der Waals surface area (Å²) in [7, 11) is -1.97. The number of sulfonamides is 1. The number of amides is 1. The normalized spacial score (nSPS) is 16.8. The van der Waals surface area contributed by atoms with Crippen molar-refractivity contribution in [3.05, 3.63) is 40.3 Å². The Balaban J connectivity index is 1.75. The van der Waals surface area contributed by atoms with Crippen LogP contribution in [0.1, 0.15) is 36.4 Å². The molecule has 0 aliphatic carbocycles. The summed E-state index contributed by atoms with van der Waals surface area (Å²) in [6.07, 6.45) is 3.84. The summed E-state index contributed by atoms with van der Waals surface area (Å²) >= 11 is 1.49. The predicted octanol–water partition coefficient (Wildman–Crippen LogP) is 3.23. The summed E-state index contributed by atoms with van der Waals surface area (Å²) in [6, 6.07) is 6.20. The minimum absolute atomic E-state index is 0.0694. The molecule has 0 spiro atoms. The van der Waals surface area contributed by atoms with Crippen molar-refractivity contribution in [3.63, 3.8) is 0 Å². The molecule has 0 atom stereocenters. The van der Waals surface area contributed by atoms with Crippen molar-refractivity contribution in [2.24, 2.45) is 4.40 Å². The number of anilines is 1. The van der Waals surface area contributed by atoms with Crippen LogP contribution in [0.3, 0.4) is 0 Å². The highest BCUT2D eigenvalue weighted by Crippen LogP contribution is 2.20. The van der Waals surface area contributed by atoms with E-state index in [1.807, 2.05) is 24.3 Å². The summed E-state index contributed by atoms with van der Waals surface area (Å²) in [4.78, 5) is 18.5. The predicted molar refractivity (Wildman–Crippen MR) is 111 cm³/mol. The van der Waals surface area contributed by atoms with Gasteiger partial charge < -0.3 is 10.2 Å². The lowest BCUT2D eigenvalue weighted by Gasteiger charge is -2.17. The van der Waals surface area contributed by atoms with Gasteiger partial charge in [-0.15, -0.1) is 15.7 Å². The van der Waals surface area contributed by atoms with Gasteiger partial charge in [-0.2, -0.15) is 8.42 Å². The van der Waals surface area contributed by atoms with Crippen molar-refractivity contribution >= 4 is 38.8 Å². The number of carbonyl (C=O) groups excluding carboxylic acids is 1. The lowest BCUT2D eigenvalue weighted by Crippen LogP contribution is -2.26. The van der Waals surface area contributed by atoms with Gasteiger partial charge >= 0.3 is 0 Å².